The first-order chi connectivity index (χ1) is 15.4. The second kappa shape index (κ2) is 9.32. The van der Waals surface area contributed by atoms with Gasteiger partial charge >= 0.3 is 0 Å². The third kappa shape index (κ3) is 4.86. The van der Waals surface area contributed by atoms with Crippen LogP contribution < -0.4 is 14.8 Å². The molecule has 0 fully saturated rings. The maximum atomic E-state index is 12.9. The molecule has 6 nitrogen and oxygen atoms in total. The highest BCUT2D eigenvalue weighted by molar-refractivity contribution is 6.30. The number of methoxy groups -OCH3 is 1. The van der Waals surface area contributed by atoms with Crippen molar-refractivity contribution in [3.05, 3.63) is 88.4 Å². The monoisotopic (exact) mass is 450 g/mol. The molecule has 164 valence electrons. The van der Waals surface area contributed by atoms with E-state index in [0.29, 0.717) is 40.9 Å². The molecule has 1 N–H and O–H groups in total. The fourth-order valence-corrected chi connectivity index (χ4v) is 3.69. The number of nitrogens with one attached hydrogen (secondary N) is 1. The molecule has 0 aliphatic carbocycles. The van der Waals surface area contributed by atoms with Gasteiger partial charge in [0.25, 0.3) is 11.8 Å². The number of hydrogen-bond acceptors (Lipinski definition) is 4. The van der Waals surface area contributed by atoms with Gasteiger partial charge in [-0.05, 0) is 67.1 Å². The van der Waals surface area contributed by atoms with Gasteiger partial charge in [0, 0.05) is 34.9 Å². The van der Waals surface area contributed by atoms with Crippen molar-refractivity contribution in [2.75, 3.05) is 12.4 Å². The average molecular weight is 451 g/mol. The zero-order chi connectivity index (χ0) is 22.7. The minimum atomic E-state index is -0.608. The van der Waals surface area contributed by atoms with Crippen molar-refractivity contribution in [3.8, 4) is 11.5 Å². The van der Waals surface area contributed by atoms with Crippen LogP contribution in [0.15, 0.2) is 66.7 Å². The van der Waals surface area contributed by atoms with Crippen LogP contribution in [0.3, 0.4) is 0 Å². The van der Waals surface area contributed by atoms with E-state index in [1.54, 1.807) is 67.5 Å². The Balaban J connectivity index is 1.54. The Hall–Kier alpha value is -3.51. The molecule has 32 heavy (non-hydrogen) atoms. The first-order valence-electron chi connectivity index (χ1n) is 10.2. The number of amides is 2. The minimum Gasteiger partial charge on any atom is -0.497 e. The Morgan fingerprint density at radius 1 is 1.12 bits per heavy atom. The van der Waals surface area contributed by atoms with Gasteiger partial charge < -0.3 is 19.7 Å². The molecule has 1 aliphatic rings. The Labute approximate surface area is 191 Å². The van der Waals surface area contributed by atoms with Crippen LogP contribution >= 0.6 is 11.6 Å². The van der Waals surface area contributed by atoms with Crippen molar-refractivity contribution >= 4 is 29.1 Å². The number of carbonyl (C=O) groups is 2. The predicted octanol–water partition coefficient (Wildman–Crippen LogP) is 4.91. The van der Waals surface area contributed by atoms with Crippen LogP contribution in [0.2, 0.25) is 5.02 Å². The lowest BCUT2D eigenvalue weighted by atomic mass is 10.1. The van der Waals surface area contributed by atoms with Crippen molar-refractivity contribution in [1.82, 2.24) is 4.90 Å². The van der Waals surface area contributed by atoms with Gasteiger partial charge in [-0.25, -0.2) is 0 Å². The molecule has 2 amide bonds. The summed E-state index contributed by atoms with van der Waals surface area (Å²) in [5.41, 5.74) is 2.94. The molecular weight excluding hydrogens is 428 g/mol. The molecule has 3 aromatic rings. The predicted molar refractivity (Wildman–Crippen MR) is 123 cm³/mol. The lowest BCUT2D eigenvalue weighted by molar-refractivity contribution is -0.138. The lowest BCUT2D eigenvalue weighted by Gasteiger charge is -2.22. The van der Waals surface area contributed by atoms with Crippen molar-refractivity contribution in [2.24, 2.45) is 0 Å². The normalized spacial score (nSPS) is 15.4. The summed E-state index contributed by atoms with van der Waals surface area (Å²) >= 11 is 5.98. The summed E-state index contributed by atoms with van der Waals surface area (Å²) in [6.45, 7) is 2.55. The van der Waals surface area contributed by atoms with Gasteiger partial charge in [-0.3, -0.25) is 9.59 Å². The van der Waals surface area contributed by atoms with E-state index in [1.807, 2.05) is 18.2 Å². The third-order valence-electron chi connectivity index (χ3n) is 5.28. The summed E-state index contributed by atoms with van der Waals surface area (Å²) in [5, 5.41) is 3.55. The topological polar surface area (TPSA) is 67.9 Å². The number of ether oxygens (including phenoxy) is 2. The molecule has 0 aromatic heterocycles. The van der Waals surface area contributed by atoms with Crippen molar-refractivity contribution in [1.29, 1.82) is 0 Å². The number of halogens is 1. The number of benzene rings is 3. The third-order valence-corrected chi connectivity index (χ3v) is 5.53. The quantitative estimate of drug-likeness (QED) is 0.599. The number of rotatable bonds is 5. The van der Waals surface area contributed by atoms with Gasteiger partial charge in [-0.2, -0.15) is 0 Å². The molecule has 0 bridgehead atoms. The van der Waals surface area contributed by atoms with Crippen LogP contribution in [0.4, 0.5) is 5.69 Å². The summed E-state index contributed by atoms with van der Waals surface area (Å²) < 4.78 is 11.0. The molecule has 0 saturated carbocycles. The zero-order valence-corrected chi connectivity index (χ0v) is 18.6. The number of nitrogens with zero attached hydrogens (tertiary/aromatic N) is 1. The average Bonchev–Trinajstić information content (AvgIpc) is 2.91. The number of fused-ring (bicyclic) bond motifs is 1. The van der Waals surface area contributed by atoms with E-state index in [2.05, 4.69) is 5.32 Å². The molecule has 0 radical (unpaired) electrons. The van der Waals surface area contributed by atoms with E-state index < -0.39 is 6.10 Å². The van der Waals surface area contributed by atoms with Crippen molar-refractivity contribution in [3.63, 3.8) is 0 Å². The minimum absolute atomic E-state index is 0.0973. The maximum absolute atomic E-state index is 12.9. The molecule has 3 aromatic carbocycles. The molecule has 7 heteroatoms. The summed E-state index contributed by atoms with van der Waals surface area (Å²) in [5.74, 6) is 0.986. The smallest absolute Gasteiger partial charge is 0.263 e. The molecule has 1 aliphatic heterocycles. The van der Waals surface area contributed by atoms with E-state index in [1.165, 1.54) is 0 Å². The summed E-state index contributed by atoms with van der Waals surface area (Å²) in [7, 11) is 1.58. The molecule has 0 unspecified atom stereocenters. The first kappa shape index (κ1) is 21.7. The highest BCUT2D eigenvalue weighted by Gasteiger charge is 2.28. The number of hydrogen-bond donors (Lipinski definition) is 1. The van der Waals surface area contributed by atoms with Crippen molar-refractivity contribution in [2.45, 2.75) is 26.1 Å². The second-order valence-electron chi connectivity index (χ2n) is 7.59. The second-order valence-corrected chi connectivity index (χ2v) is 8.02. The van der Waals surface area contributed by atoms with Crippen LogP contribution in [0.5, 0.6) is 11.5 Å². The number of carbonyl (C=O) groups excluding carboxylic acids is 2. The standard InChI is InChI=1S/C25H23ClN2O4/c1-16-25(30)28(14-17-3-7-20(26)8-4-17)15-19-13-21(9-12-23(19)32-16)27-24(29)18-5-10-22(31-2)11-6-18/h3-13,16H,14-15H2,1-2H3,(H,27,29)/t16-/m1/s1. The van der Waals surface area contributed by atoms with Gasteiger partial charge in [0.1, 0.15) is 11.5 Å². The Morgan fingerprint density at radius 2 is 1.84 bits per heavy atom. The van der Waals surface area contributed by atoms with E-state index in [-0.39, 0.29) is 11.8 Å². The molecule has 1 heterocycles. The SMILES string of the molecule is COc1ccc(C(=O)Nc2ccc3c(c2)CN(Cc2ccc(Cl)cc2)C(=O)[C@@H](C)O3)cc1. The van der Waals surface area contributed by atoms with E-state index in [0.717, 1.165) is 11.1 Å². The Morgan fingerprint density at radius 3 is 2.53 bits per heavy atom. The fraction of sp³-hybridized carbons (Fsp3) is 0.200. The van der Waals surface area contributed by atoms with Gasteiger partial charge in [0.05, 0.1) is 7.11 Å². The van der Waals surface area contributed by atoms with Crippen molar-refractivity contribution < 1.29 is 19.1 Å². The first-order valence-corrected chi connectivity index (χ1v) is 10.6. The number of anilines is 1. The van der Waals surface area contributed by atoms with Crippen LogP contribution in [-0.4, -0.2) is 29.9 Å². The molecule has 0 saturated heterocycles. The summed E-state index contributed by atoms with van der Waals surface area (Å²) in [6, 6.07) is 19.7. The summed E-state index contributed by atoms with van der Waals surface area (Å²) in [6.07, 6.45) is -0.608. The van der Waals surface area contributed by atoms with E-state index in [4.69, 9.17) is 21.1 Å². The highest BCUT2D eigenvalue weighted by atomic mass is 35.5. The van der Waals surface area contributed by atoms with Gasteiger partial charge in [0.2, 0.25) is 0 Å². The molecule has 0 spiro atoms. The summed E-state index contributed by atoms with van der Waals surface area (Å²) in [4.78, 5) is 27.3. The van der Waals surface area contributed by atoms with Crippen LogP contribution in [0.25, 0.3) is 0 Å². The highest BCUT2D eigenvalue weighted by Crippen LogP contribution is 2.30. The van der Waals surface area contributed by atoms with E-state index in [9.17, 15) is 9.59 Å². The van der Waals surface area contributed by atoms with Gasteiger partial charge in [0.15, 0.2) is 6.10 Å². The van der Waals surface area contributed by atoms with Gasteiger partial charge in [-0.15, -0.1) is 0 Å². The van der Waals surface area contributed by atoms with E-state index >= 15 is 0 Å². The molecular formula is C25H23ClN2O4. The Kier molecular flexibility index (Phi) is 6.32. The van der Waals surface area contributed by atoms with Crippen LogP contribution in [0.1, 0.15) is 28.4 Å². The lowest BCUT2D eigenvalue weighted by Crippen LogP contribution is -2.37. The van der Waals surface area contributed by atoms with Crippen LogP contribution in [-0.2, 0) is 17.9 Å². The van der Waals surface area contributed by atoms with Gasteiger partial charge in [-0.1, -0.05) is 23.7 Å². The molecule has 4 rings (SSSR count). The Bertz CT molecular complexity index is 1130. The zero-order valence-electron chi connectivity index (χ0n) is 17.8. The fourth-order valence-electron chi connectivity index (χ4n) is 3.57. The largest absolute Gasteiger partial charge is 0.497 e. The maximum Gasteiger partial charge on any atom is 0.263 e. The molecule has 1 atom stereocenters. The van der Waals surface area contributed by atoms with Crippen LogP contribution in [0, 0.1) is 0 Å².